The molecule has 3 aromatic rings. The van der Waals surface area contributed by atoms with Crippen LogP contribution in [0, 0.1) is 5.82 Å². The maximum absolute atomic E-state index is 13.9. The third-order valence-electron chi connectivity index (χ3n) is 2.85. The summed E-state index contributed by atoms with van der Waals surface area (Å²) in [5.74, 6) is -0.494. The van der Waals surface area contributed by atoms with Crippen LogP contribution in [0.4, 0.5) is 4.39 Å². The number of para-hydroxylation sites is 1. The Morgan fingerprint density at radius 3 is 2.60 bits per heavy atom. The van der Waals surface area contributed by atoms with Crippen molar-refractivity contribution in [2.24, 2.45) is 0 Å². The van der Waals surface area contributed by atoms with Gasteiger partial charge in [-0.1, -0.05) is 29.3 Å². The van der Waals surface area contributed by atoms with Crippen LogP contribution in [-0.2, 0) is 0 Å². The first-order valence-corrected chi connectivity index (χ1v) is 6.45. The fourth-order valence-corrected chi connectivity index (χ4v) is 2.51. The number of benzene rings is 1. The number of rotatable bonds is 2. The van der Waals surface area contributed by atoms with Crippen LogP contribution in [0.15, 0.2) is 36.8 Å². The molecule has 0 saturated heterocycles. The molecule has 0 N–H and O–H groups in total. The minimum atomic E-state index is -0.494. The minimum Gasteiger partial charge on any atom is -0.275 e. The van der Waals surface area contributed by atoms with E-state index in [9.17, 15) is 4.39 Å². The highest BCUT2D eigenvalue weighted by atomic mass is 35.5. The Bertz CT molecular complexity index is 783. The van der Waals surface area contributed by atoms with Crippen molar-refractivity contribution in [1.29, 1.82) is 0 Å². The highest BCUT2D eigenvalue weighted by molar-refractivity contribution is 6.37. The Kier molecular flexibility index (Phi) is 3.23. The largest absolute Gasteiger partial charge is 0.275 e. The average molecular weight is 313 g/mol. The summed E-state index contributed by atoms with van der Waals surface area (Å²) in [4.78, 5) is 4.95. The molecule has 0 aliphatic heterocycles. The first kappa shape index (κ1) is 13.1. The van der Waals surface area contributed by atoms with Crippen molar-refractivity contribution in [3.8, 4) is 5.69 Å². The van der Waals surface area contributed by atoms with Gasteiger partial charge in [0.25, 0.3) is 6.20 Å². The smallest absolute Gasteiger partial charge is 0.260 e. The van der Waals surface area contributed by atoms with Gasteiger partial charge in [-0.15, -0.1) is 0 Å². The molecule has 0 radical (unpaired) electrons. The van der Waals surface area contributed by atoms with Gasteiger partial charge in [-0.3, -0.25) is 4.84 Å². The van der Waals surface area contributed by atoms with Crippen molar-refractivity contribution in [2.45, 2.75) is 0 Å². The second-order valence-corrected chi connectivity index (χ2v) is 4.91. The van der Waals surface area contributed by atoms with Crippen LogP contribution in [-0.4, -0.2) is 16.9 Å². The number of hydrogen-bond acceptors (Lipinski definition) is 2. The van der Waals surface area contributed by atoms with Gasteiger partial charge in [-0.2, -0.15) is 9.49 Å². The summed E-state index contributed by atoms with van der Waals surface area (Å²) in [6.07, 6.45) is 4.46. The Balaban J connectivity index is 2.26. The van der Waals surface area contributed by atoms with Gasteiger partial charge in [0.1, 0.15) is 18.3 Å². The van der Waals surface area contributed by atoms with Crippen LogP contribution in [0.2, 0.25) is 10.0 Å². The van der Waals surface area contributed by atoms with Crippen molar-refractivity contribution >= 4 is 34.1 Å². The molecule has 2 heterocycles. The molecular formula is C13H9Cl2FN3O+. The second-order valence-electron chi connectivity index (χ2n) is 4.10. The fourth-order valence-electron chi connectivity index (χ4n) is 1.94. The predicted octanol–water partition coefficient (Wildman–Crippen LogP) is 2.82. The third kappa shape index (κ3) is 2.09. The van der Waals surface area contributed by atoms with E-state index in [4.69, 9.17) is 28.0 Å². The Morgan fingerprint density at radius 2 is 1.95 bits per heavy atom. The monoisotopic (exact) mass is 312 g/mol. The Hall–Kier alpha value is -1.85. The first-order valence-electron chi connectivity index (χ1n) is 5.69. The fraction of sp³-hybridized carbons (Fsp3) is 0.0769. The maximum Gasteiger partial charge on any atom is 0.260 e. The number of fused-ring (bicyclic) bond motifs is 1. The highest BCUT2D eigenvalue weighted by Gasteiger charge is 2.17. The number of hydrogen-bond donors (Lipinski definition) is 0. The van der Waals surface area contributed by atoms with Crippen molar-refractivity contribution < 1.29 is 14.0 Å². The zero-order chi connectivity index (χ0) is 14.3. The normalized spacial score (nSPS) is 11.0. The highest BCUT2D eigenvalue weighted by Crippen LogP contribution is 2.29. The van der Waals surface area contributed by atoms with E-state index in [1.54, 1.807) is 30.6 Å². The van der Waals surface area contributed by atoms with Gasteiger partial charge in [0, 0.05) is 10.9 Å². The van der Waals surface area contributed by atoms with Crippen LogP contribution in [0.5, 0.6) is 0 Å². The molecule has 102 valence electrons. The second kappa shape index (κ2) is 4.92. The van der Waals surface area contributed by atoms with Gasteiger partial charge < -0.3 is 0 Å². The van der Waals surface area contributed by atoms with E-state index in [0.29, 0.717) is 21.1 Å². The van der Waals surface area contributed by atoms with Crippen LogP contribution in [0.1, 0.15) is 0 Å². The predicted molar refractivity (Wildman–Crippen MR) is 73.7 cm³/mol. The molecule has 0 fully saturated rings. The maximum atomic E-state index is 13.9. The zero-order valence-electron chi connectivity index (χ0n) is 10.3. The summed E-state index contributed by atoms with van der Waals surface area (Å²) in [5.41, 5.74) is 0.727. The van der Waals surface area contributed by atoms with E-state index in [2.05, 4.69) is 5.10 Å². The lowest BCUT2D eigenvalue weighted by Gasteiger charge is -2.05. The molecule has 3 rings (SSSR count). The van der Waals surface area contributed by atoms with Crippen LogP contribution < -0.4 is 9.57 Å². The molecule has 0 unspecified atom stereocenters. The molecule has 0 amide bonds. The van der Waals surface area contributed by atoms with E-state index in [-0.39, 0.29) is 5.52 Å². The Labute approximate surface area is 123 Å². The molecule has 0 aliphatic rings. The first-order chi connectivity index (χ1) is 9.60. The van der Waals surface area contributed by atoms with E-state index >= 15 is 0 Å². The lowest BCUT2D eigenvalue weighted by atomic mass is 10.3. The molecule has 0 spiro atoms. The molecule has 20 heavy (non-hydrogen) atoms. The van der Waals surface area contributed by atoms with E-state index in [1.165, 1.54) is 22.7 Å². The molecule has 1 aromatic carbocycles. The molecule has 0 saturated carbocycles. The topological polar surface area (TPSA) is 30.9 Å². The molecule has 0 atom stereocenters. The Morgan fingerprint density at radius 1 is 1.25 bits per heavy atom. The third-order valence-corrected chi connectivity index (χ3v) is 3.46. The SMILES string of the molecule is CO[n+]1cc(F)c2nn(-c3c(Cl)cccc3Cl)cc2c1. The summed E-state index contributed by atoms with van der Waals surface area (Å²) in [6.45, 7) is 0. The lowest BCUT2D eigenvalue weighted by Crippen LogP contribution is -2.40. The van der Waals surface area contributed by atoms with Crippen molar-refractivity contribution in [1.82, 2.24) is 9.78 Å². The molecule has 4 nitrogen and oxygen atoms in total. The summed E-state index contributed by atoms with van der Waals surface area (Å²) in [6, 6.07) is 5.12. The quantitative estimate of drug-likeness (QED) is 0.681. The molecule has 7 heteroatoms. The van der Waals surface area contributed by atoms with Crippen LogP contribution in [0.3, 0.4) is 0 Å². The summed E-state index contributed by atoms with van der Waals surface area (Å²) in [7, 11) is 1.45. The minimum absolute atomic E-state index is 0.217. The van der Waals surface area contributed by atoms with Gasteiger partial charge in [0.15, 0.2) is 0 Å². The molecule has 2 aromatic heterocycles. The van der Waals surface area contributed by atoms with Crippen LogP contribution >= 0.6 is 23.2 Å². The van der Waals surface area contributed by atoms with Crippen molar-refractivity contribution in [2.75, 3.05) is 7.11 Å². The van der Waals surface area contributed by atoms with Crippen molar-refractivity contribution in [3.05, 3.63) is 52.7 Å². The summed E-state index contributed by atoms with van der Waals surface area (Å²) >= 11 is 12.2. The van der Waals surface area contributed by atoms with E-state index in [1.807, 2.05) is 0 Å². The van der Waals surface area contributed by atoms with Crippen LogP contribution in [0.25, 0.3) is 16.6 Å². The average Bonchev–Trinajstić information content (AvgIpc) is 2.82. The van der Waals surface area contributed by atoms with Gasteiger partial charge in [0.2, 0.25) is 12.0 Å². The number of halogens is 3. The lowest BCUT2D eigenvalue weighted by molar-refractivity contribution is -0.885. The molecule has 0 aliphatic carbocycles. The molecular weight excluding hydrogens is 304 g/mol. The van der Waals surface area contributed by atoms with E-state index < -0.39 is 5.82 Å². The van der Waals surface area contributed by atoms with Gasteiger partial charge in [-0.25, -0.2) is 4.68 Å². The van der Waals surface area contributed by atoms with Gasteiger partial charge in [-0.05, 0) is 12.1 Å². The number of nitrogens with zero attached hydrogens (tertiary/aromatic N) is 3. The summed E-state index contributed by atoms with van der Waals surface area (Å²) < 4.78 is 16.6. The van der Waals surface area contributed by atoms with Gasteiger partial charge in [0.05, 0.1) is 15.4 Å². The van der Waals surface area contributed by atoms with E-state index in [0.717, 1.165) is 0 Å². The molecule has 0 bridgehead atoms. The number of pyridine rings is 1. The van der Waals surface area contributed by atoms with Crippen molar-refractivity contribution in [3.63, 3.8) is 0 Å². The summed E-state index contributed by atoms with van der Waals surface area (Å²) in [5, 5.41) is 5.63. The standard InChI is InChI=1S/C13H9Cl2FN3O/c1-20-18-5-8-6-19(17-12(8)11(16)7-18)13-9(14)3-2-4-10(13)15/h2-7H,1H3/q+1. The van der Waals surface area contributed by atoms with Gasteiger partial charge >= 0.3 is 0 Å². The number of aromatic nitrogens is 3. The zero-order valence-corrected chi connectivity index (χ0v) is 11.9.